The zero-order valence-corrected chi connectivity index (χ0v) is 17.4. The molecule has 0 radical (unpaired) electrons. The van der Waals surface area contributed by atoms with Crippen molar-refractivity contribution in [3.8, 4) is 5.75 Å². The Kier molecular flexibility index (Phi) is 7.83. The third kappa shape index (κ3) is 5.79. The van der Waals surface area contributed by atoms with Crippen molar-refractivity contribution < 1.29 is 13.2 Å². The van der Waals surface area contributed by atoms with Gasteiger partial charge in [-0.2, -0.15) is 4.31 Å². The monoisotopic (exact) mass is 390 g/mol. The van der Waals surface area contributed by atoms with E-state index in [0.29, 0.717) is 31.1 Å². The van der Waals surface area contributed by atoms with Crippen LogP contribution in [0.3, 0.4) is 0 Å². The van der Waals surface area contributed by atoms with Gasteiger partial charge >= 0.3 is 0 Å². The van der Waals surface area contributed by atoms with Crippen LogP contribution in [-0.4, -0.2) is 31.9 Å². The first kappa shape index (κ1) is 21.4. The molecule has 6 heteroatoms. The highest BCUT2D eigenvalue weighted by atomic mass is 32.2. The smallest absolute Gasteiger partial charge is 0.243 e. The topological polar surface area (TPSA) is 58.6 Å². The van der Waals surface area contributed by atoms with Crippen LogP contribution in [0.25, 0.3) is 0 Å². The van der Waals surface area contributed by atoms with E-state index in [-0.39, 0.29) is 6.10 Å². The Morgan fingerprint density at radius 2 is 1.59 bits per heavy atom. The van der Waals surface area contributed by atoms with Gasteiger partial charge in [-0.15, -0.1) is 0 Å². The first-order chi connectivity index (χ1) is 12.9. The number of benzene rings is 2. The van der Waals surface area contributed by atoms with Crippen LogP contribution in [-0.2, 0) is 23.1 Å². The van der Waals surface area contributed by atoms with Gasteiger partial charge in [0, 0.05) is 31.7 Å². The van der Waals surface area contributed by atoms with Crippen molar-refractivity contribution in [2.75, 3.05) is 13.1 Å². The quantitative estimate of drug-likeness (QED) is 0.670. The maximum Gasteiger partial charge on any atom is 0.243 e. The number of rotatable bonds is 10. The summed E-state index contributed by atoms with van der Waals surface area (Å²) in [6.45, 7) is 10.0. The third-order valence-corrected chi connectivity index (χ3v) is 6.31. The van der Waals surface area contributed by atoms with E-state index in [9.17, 15) is 8.42 Å². The largest absolute Gasteiger partial charge is 0.491 e. The minimum atomic E-state index is -3.40. The van der Waals surface area contributed by atoms with E-state index < -0.39 is 10.0 Å². The lowest BCUT2D eigenvalue weighted by Gasteiger charge is -2.18. The second-order valence-electron chi connectivity index (χ2n) is 6.61. The molecular formula is C21H30N2O3S. The van der Waals surface area contributed by atoms with E-state index in [1.54, 1.807) is 12.1 Å². The van der Waals surface area contributed by atoms with Gasteiger partial charge in [-0.1, -0.05) is 44.2 Å². The summed E-state index contributed by atoms with van der Waals surface area (Å²) in [5.41, 5.74) is 2.14. The highest BCUT2D eigenvalue weighted by Crippen LogP contribution is 2.20. The number of nitrogens with one attached hydrogen (secondary N) is 1. The zero-order chi connectivity index (χ0) is 19.9. The van der Waals surface area contributed by atoms with Crippen LogP contribution in [0.4, 0.5) is 0 Å². The predicted molar refractivity (Wildman–Crippen MR) is 109 cm³/mol. The minimum Gasteiger partial charge on any atom is -0.491 e. The molecule has 0 spiro atoms. The van der Waals surface area contributed by atoms with Crippen LogP contribution < -0.4 is 10.1 Å². The van der Waals surface area contributed by atoms with E-state index in [1.165, 1.54) is 4.31 Å². The molecule has 148 valence electrons. The zero-order valence-electron chi connectivity index (χ0n) is 16.6. The number of ether oxygens (including phenoxy) is 1. The Morgan fingerprint density at radius 1 is 0.963 bits per heavy atom. The van der Waals surface area contributed by atoms with E-state index in [4.69, 9.17) is 4.74 Å². The van der Waals surface area contributed by atoms with Crippen LogP contribution in [0.2, 0.25) is 0 Å². The summed E-state index contributed by atoms with van der Waals surface area (Å²) in [5, 5.41) is 3.40. The molecule has 2 aromatic rings. The molecule has 0 bridgehead atoms. The van der Waals surface area contributed by atoms with Gasteiger partial charge in [0.2, 0.25) is 10.0 Å². The Bertz CT molecular complexity index is 814. The SMILES string of the molecule is CCN(CC)S(=O)(=O)c1ccc(CNCc2ccccc2OC(C)C)cc1. The van der Waals surface area contributed by atoms with Crippen LogP contribution >= 0.6 is 0 Å². The number of hydrogen-bond acceptors (Lipinski definition) is 4. The first-order valence-electron chi connectivity index (χ1n) is 9.42. The van der Waals surface area contributed by atoms with Crippen LogP contribution in [0.15, 0.2) is 53.4 Å². The predicted octanol–water partition coefficient (Wildman–Crippen LogP) is 3.79. The molecule has 1 N–H and O–H groups in total. The summed E-state index contributed by atoms with van der Waals surface area (Å²) >= 11 is 0. The fraction of sp³-hybridized carbons (Fsp3) is 0.429. The molecule has 0 amide bonds. The summed E-state index contributed by atoms with van der Waals surface area (Å²) < 4.78 is 32.4. The molecule has 27 heavy (non-hydrogen) atoms. The minimum absolute atomic E-state index is 0.131. The van der Waals surface area contributed by atoms with Crippen molar-refractivity contribution in [3.05, 3.63) is 59.7 Å². The second-order valence-corrected chi connectivity index (χ2v) is 8.55. The van der Waals surface area contributed by atoms with Crippen molar-refractivity contribution in [2.24, 2.45) is 0 Å². The number of sulfonamides is 1. The molecule has 0 aliphatic heterocycles. The lowest BCUT2D eigenvalue weighted by Crippen LogP contribution is -2.30. The molecule has 0 heterocycles. The van der Waals surface area contributed by atoms with E-state index >= 15 is 0 Å². The van der Waals surface area contributed by atoms with Crippen molar-refractivity contribution in [2.45, 2.75) is 51.8 Å². The van der Waals surface area contributed by atoms with Crippen LogP contribution in [0.5, 0.6) is 5.75 Å². The molecule has 0 aliphatic carbocycles. The van der Waals surface area contributed by atoms with E-state index in [2.05, 4.69) is 5.32 Å². The lowest BCUT2D eigenvalue weighted by atomic mass is 10.2. The van der Waals surface area contributed by atoms with Crippen molar-refractivity contribution in [3.63, 3.8) is 0 Å². The summed E-state index contributed by atoms with van der Waals surface area (Å²) in [5.74, 6) is 0.890. The van der Waals surface area contributed by atoms with Gasteiger partial charge < -0.3 is 10.1 Å². The highest BCUT2D eigenvalue weighted by Gasteiger charge is 2.21. The van der Waals surface area contributed by atoms with Gasteiger partial charge in [-0.25, -0.2) is 8.42 Å². The van der Waals surface area contributed by atoms with Gasteiger partial charge in [-0.05, 0) is 37.6 Å². The molecule has 0 aromatic heterocycles. The molecule has 2 aromatic carbocycles. The summed E-state index contributed by atoms with van der Waals surface area (Å²) in [6, 6.07) is 15.1. The Morgan fingerprint density at radius 3 is 2.19 bits per heavy atom. The second kappa shape index (κ2) is 9.88. The van der Waals surface area contributed by atoms with Gasteiger partial charge in [-0.3, -0.25) is 0 Å². The molecule has 0 fully saturated rings. The lowest BCUT2D eigenvalue weighted by molar-refractivity contribution is 0.239. The molecule has 0 saturated heterocycles. The standard InChI is InChI=1S/C21H30N2O3S/c1-5-23(6-2)27(24,25)20-13-11-18(12-14-20)15-22-16-19-9-7-8-10-21(19)26-17(3)4/h7-14,17,22H,5-6,15-16H2,1-4H3. The average Bonchev–Trinajstić information content (AvgIpc) is 2.64. The summed E-state index contributed by atoms with van der Waals surface area (Å²) in [7, 11) is -3.40. The Labute approximate surface area is 163 Å². The Hall–Kier alpha value is -1.89. The van der Waals surface area contributed by atoms with Gasteiger partial charge in [0.1, 0.15) is 5.75 Å². The molecule has 2 rings (SSSR count). The Balaban J connectivity index is 1.99. The maximum absolute atomic E-state index is 12.5. The third-order valence-electron chi connectivity index (χ3n) is 4.25. The van der Waals surface area contributed by atoms with Crippen molar-refractivity contribution in [1.29, 1.82) is 0 Å². The van der Waals surface area contributed by atoms with E-state index in [1.807, 2.05) is 64.1 Å². The van der Waals surface area contributed by atoms with Crippen molar-refractivity contribution >= 4 is 10.0 Å². The number of nitrogens with zero attached hydrogens (tertiary/aromatic N) is 1. The van der Waals surface area contributed by atoms with Gasteiger partial charge in [0.25, 0.3) is 0 Å². The van der Waals surface area contributed by atoms with Crippen LogP contribution in [0.1, 0.15) is 38.8 Å². The summed E-state index contributed by atoms with van der Waals surface area (Å²) in [4.78, 5) is 0.339. The molecule has 0 aliphatic rings. The van der Waals surface area contributed by atoms with Gasteiger partial charge in [0.15, 0.2) is 0 Å². The number of para-hydroxylation sites is 1. The van der Waals surface area contributed by atoms with Gasteiger partial charge in [0.05, 0.1) is 11.0 Å². The molecule has 5 nitrogen and oxygen atoms in total. The fourth-order valence-electron chi connectivity index (χ4n) is 2.85. The highest BCUT2D eigenvalue weighted by molar-refractivity contribution is 7.89. The molecular weight excluding hydrogens is 360 g/mol. The normalized spacial score (nSPS) is 11.9. The maximum atomic E-state index is 12.5. The van der Waals surface area contributed by atoms with E-state index in [0.717, 1.165) is 16.9 Å². The molecule has 0 atom stereocenters. The average molecular weight is 391 g/mol. The first-order valence-corrected chi connectivity index (χ1v) is 10.9. The number of hydrogen-bond donors (Lipinski definition) is 1. The van der Waals surface area contributed by atoms with Crippen LogP contribution in [0, 0.1) is 0 Å². The molecule has 0 saturated carbocycles. The fourth-order valence-corrected chi connectivity index (χ4v) is 4.31. The van der Waals surface area contributed by atoms with Crippen molar-refractivity contribution in [1.82, 2.24) is 9.62 Å². The summed E-state index contributed by atoms with van der Waals surface area (Å²) in [6.07, 6.45) is 0.131. The molecule has 0 unspecified atom stereocenters.